The van der Waals surface area contributed by atoms with Crippen molar-refractivity contribution >= 4 is 5.97 Å². The number of aliphatic hydroxyl groups excluding tert-OH is 1. The molecule has 4 heteroatoms. The molecule has 15 heavy (non-hydrogen) atoms. The van der Waals surface area contributed by atoms with E-state index in [4.69, 9.17) is 4.74 Å². The number of ether oxygens (including phenoxy) is 2. The van der Waals surface area contributed by atoms with E-state index in [1.54, 1.807) is 0 Å². The first kappa shape index (κ1) is 12.5. The minimum atomic E-state index is -1.07. The van der Waals surface area contributed by atoms with Crippen molar-refractivity contribution in [1.82, 2.24) is 0 Å². The molecule has 0 saturated carbocycles. The molecule has 0 amide bonds. The van der Waals surface area contributed by atoms with Gasteiger partial charge in [-0.15, -0.1) is 0 Å². The first-order chi connectivity index (χ1) is 7.00. The van der Waals surface area contributed by atoms with E-state index < -0.39 is 17.5 Å². The third-order valence-electron chi connectivity index (χ3n) is 3.34. The molecule has 0 aromatic carbocycles. The summed E-state index contributed by atoms with van der Waals surface area (Å²) < 4.78 is 9.93. The molecular formula is C11H20O4. The Bertz CT molecular complexity index is 219. The lowest BCUT2D eigenvalue weighted by Crippen LogP contribution is -2.45. The van der Waals surface area contributed by atoms with Crippen LogP contribution in [0.25, 0.3) is 0 Å². The van der Waals surface area contributed by atoms with Gasteiger partial charge in [0.25, 0.3) is 0 Å². The van der Waals surface area contributed by atoms with Crippen LogP contribution in [0.5, 0.6) is 0 Å². The van der Waals surface area contributed by atoms with E-state index >= 15 is 0 Å². The predicted molar refractivity (Wildman–Crippen MR) is 55.3 cm³/mol. The summed E-state index contributed by atoms with van der Waals surface area (Å²) in [6.07, 6.45) is 0.900. The molecule has 0 bridgehead atoms. The zero-order chi connectivity index (χ0) is 11.5. The Morgan fingerprint density at radius 1 is 1.60 bits per heavy atom. The summed E-state index contributed by atoms with van der Waals surface area (Å²) in [5, 5.41) is 9.87. The first-order valence-corrected chi connectivity index (χ1v) is 5.33. The van der Waals surface area contributed by atoms with E-state index in [1.807, 2.05) is 13.8 Å². The van der Waals surface area contributed by atoms with Crippen LogP contribution in [0.15, 0.2) is 0 Å². The Balaban J connectivity index is 2.66. The summed E-state index contributed by atoms with van der Waals surface area (Å²) in [6, 6.07) is 0. The minimum Gasteiger partial charge on any atom is -0.467 e. The Labute approximate surface area is 90.6 Å². The van der Waals surface area contributed by atoms with Crippen LogP contribution < -0.4 is 0 Å². The topological polar surface area (TPSA) is 55.8 Å². The van der Waals surface area contributed by atoms with Gasteiger partial charge in [-0.25, -0.2) is 4.79 Å². The van der Waals surface area contributed by atoms with Crippen LogP contribution in [0.4, 0.5) is 0 Å². The lowest BCUT2D eigenvalue weighted by atomic mass is 9.72. The lowest BCUT2D eigenvalue weighted by molar-refractivity contribution is -0.162. The van der Waals surface area contributed by atoms with Crippen molar-refractivity contribution in [2.45, 2.75) is 32.8 Å². The largest absolute Gasteiger partial charge is 0.467 e. The van der Waals surface area contributed by atoms with Crippen molar-refractivity contribution in [3.05, 3.63) is 0 Å². The Kier molecular flexibility index (Phi) is 4.11. The maximum atomic E-state index is 11.3. The fraction of sp³-hybridized carbons (Fsp3) is 0.909. The third kappa shape index (κ3) is 2.69. The van der Waals surface area contributed by atoms with E-state index in [-0.39, 0.29) is 5.92 Å². The van der Waals surface area contributed by atoms with Gasteiger partial charge in [0.05, 0.1) is 13.7 Å². The van der Waals surface area contributed by atoms with Crippen molar-refractivity contribution < 1.29 is 19.4 Å². The van der Waals surface area contributed by atoms with E-state index in [0.717, 1.165) is 19.4 Å². The van der Waals surface area contributed by atoms with Crippen molar-refractivity contribution in [3.8, 4) is 0 Å². The Morgan fingerprint density at radius 2 is 2.27 bits per heavy atom. The van der Waals surface area contributed by atoms with Gasteiger partial charge in [-0.05, 0) is 18.8 Å². The molecule has 1 N–H and O–H groups in total. The normalized spacial score (nSPS) is 24.7. The van der Waals surface area contributed by atoms with Gasteiger partial charge in [0.2, 0.25) is 0 Å². The molecule has 2 unspecified atom stereocenters. The second-order valence-corrected chi connectivity index (χ2v) is 4.66. The van der Waals surface area contributed by atoms with Crippen LogP contribution in [0.2, 0.25) is 0 Å². The number of carbonyl (C=O) groups excluding carboxylic acids is 1. The summed E-state index contributed by atoms with van der Waals surface area (Å²) in [6.45, 7) is 5.16. The first-order valence-electron chi connectivity index (χ1n) is 5.33. The zero-order valence-corrected chi connectivity index (χ0v) is 9.66. The highest BCUT2D eigenvalue weighted by Gasteiger charge is 2.41. The molecular weight excluding hydrogens is 196 g/mol. The standard InChI is InChI=1S/C11H20O4/c1-11(2,9(12)10(13)14-3)8-5-4-6-15-7-8/h8-9,12H,4-7H2,1-3H3. The summed E-state index contributed by atoms with van der Waals surface area (Å²) in [7, 11) is 1.29. The monoisotopic (exact) mass is 216 g/mol. The molecule has 0 aromatic heterocycles. The van der Waals surface area contributed by atoms with Crippen LogP contribution in [0.3, 0.4) is 0 Å². The summed E-state index contributed by atoms with van der Waals surface area (Å²) in [4.78, 5) is 11.3. The van der Waals surface area contributed by atoms with Gasteiger partial charge in [-0.2, -0.15) is 0 Å². The lowest BCUT2D eigenvalue weighted by Gasteiger charge is -2.38. The van der Waals surface area contributed by atoms with Gasteiger partial charge in [-0.1, -0.05) is 13.8 Å². The zero-order valence-electron chi connectivity index (χ0n) is 9.66. The maximum absolute atomic E-state index is 11.3. The SMILES string of the molecule is COC(=O)C(O)C(C)(C)C1CCCOC1. The van der Waals surface area contributed by atoms with Crippen molar-refractivity contribution in [3.63, 3.8) is 0 Å². The highest BCUT2D eigenvalue weighted by molar-refractivity contribution is 5.75. The van der Waals surface area contributed by atoms with Crippen molar-refractivity contribution in [2.75, 3.05) is 20.3 Å². The molecule has 1 rings (SSSR count). The fourth-order valence-electron chi connectivity index (χ4n) is 1.97. The highest BCUT2D eigenvalue weighted by atomic mass is 16.5. The van der Waals surface area contributed by atoms with Gasteiger partial charge in [0, 0.05) is 12.0 Å². The van der Waals surface area contributed by atoms with Crippen LogP contribution in [0.1, 0.15) is 26.7 Å². The average molecular weight is 216 g/mol. The molecule has 1 saturated heterocycles. The van der Waals surface area contributed by atoms with Gasteiger partial charge >= 0.3 is 5.97 Å². The van der Waals surface area contributed by atoms with E-state index in [1.165, 1.54) is 7.11 Å². The number of methoxy groups -OCH3 is 1. The average Bonchev–Trinajstić information content (AvgIpc) is 2.28. The number of hydrogen-bond acceptors (Lipinski definition) is 4. The minimum absolute atomic E-state index is 0.209. The van der Waals surface area contributed by atoms with Crippen LogP contribution >= 0.6 is 0 Å². The van der Waals surface area contributed by atoms with Crippen LogP contribution in [-0.4, -0.2) is 37.5 Å². The van der Waals surface area contributed by atoms with Gasteiger partial charge in [-0.3, -0.25) is 0 Å². The molecule has 0 aromatic rings. The molecule has 1 fully saturated rings. The fourth-order valence-corrected chi connectivity index (χ4v) is 1.97. The van der Waals surface area contributed by atoms with E-state index in [0.29, 0.717) is 6.61 Å². The third-order valence-corrected chi connectivity index (χ3v) is 3.34. The van der Waals surface area contributed by atoms with Gasteiger partial charge in [0.15, 0.2) is 6.10 Å². The summed E-state index contributed by atoms with van der Waals surface area (Å²) in [5.41, 5.74) is -0.493. The van der Waals surface area contributed by atoms with Crippen LogP contribution in [-0.2, 0) is 14.3 Å². The molecule has 1 heterocycles. The molecule has 0 aliphatic carbocycles. The van der Waals surface area contributed by atoms with Gasteiger partial charge < -0.3 is 14.6 Å². The Morgan fingerprint density at radius 3 is 2.73 bits per heavy atom. The molecule has 0 spiro atoms. The molecule has 2 atom stereocenters. The molecule has 88 valence electrons. The molecule has 1 aliphatic rings. The quantitative estimate of drug-likeness (QED) is 0.714. The molecule has 4 nitrogen and oxygen atoms in total. The predicted octanol–water partition coefficient (Wildman–Crippen LogP) is 0.973. The molecule has 0 radical (unpaired) electrons. The second-order valence-electron chi connectivity index (χ2n) is 4.66. The number of aliphatic hydroxyl groups is 1. The number of rotatable bonds is 3. The van der Waals surface area contributed by atoms with E-state index in [2.05, 4.69) is 4.74 Å². The number of hydrogen-bond donors (Lipinski definition) is 1. The summed E-state index contributed by atoms with van der Waals surface area (Å²) in [5.74, 6) is -0.356. The Hall–Kier alpha value is -0.610. The molecule has 1 aliphatic heterocycles. The highest BCUT2D eigenvalue weighted by Crippen LogP contribution is 2.36. The number of esters is 1. The maximum Gasteiger partial charge on any atom is 0.335 e. The smallest absolute Gasteiger partial charge is 0.335 e. The van der Waals surface area contributed by atoms with Crippen LogP contribution in [0, 0.1) is 11.3 Å². The van der Waals surface area contributed by atoms with Crippen molar-refractivity contribution in [2.24, 2.45) is 11.3 Å². The van der Waals surface area contributed by atoms with Gasteiger partial charge in [0.1, 0.15) is 0 Å². The van der Waals surface area contributed by atoms with Crippen molar-refractivity contribution in [1.29, 1.82) is 0 Å². The second kappa shape index (κ2) is 4.94. The van der Waals surface area contributed by atoms with E-state index in [9.17, 15) is 9.90 Å². The number of carbonyl (C=O) groups is 1. The summed E-state index contributed by atoms with van der Waals surface area (Å²) >= 11 is 0.